The third kappa shape index (κ3) is 1.41. The Bertz CT molecular complexity index is 341. The fraction of sp³-hybridized carbons (Fsp3) is 0. The predicted octanol–water partition coefficient (Wildman–Crippen LogP) is 0.656. The fourth-order valence-electron chi connectivity index (χ4n) is 0.854. The molecule has 0 aliphatic carbocycles. The van der Waals surface area contributed by atoms with Crippen LogP contribution in [-0.4, -0.2) is 6.29 Å². The van der Waals surface area contributed by atoms with Crippen molar-refractivity contribution in [2.75, 3.05) is 5.43 Å². The molecule has 0 fully saturated rings. The molecule has 0 aliphatic heterocycles. The summed E-state index contributed by atoms with van der Waals surface area (Å²) in [6, 6.07) is 6.56. The number of hydrazine groups is 1. The van der Waals surface area contributed by atoms with Gasteiger partial charge in [0.05, 0.1) is 17.3 Å². The minimum atomic E-state index is 0.441. The van der Waals surface area contributed by atoms with Crippen LogP contribution in [-0.2, 0) is 0 Å². The average Bonchev–Trinajstić information content (AvgIpc) is 2.16. The van der Waals surface area contributed by atoms with E-state index in [1.165, 1.54) is 6.07 Å². The molecule has 0 atom stereocenters. The van der Waals surface area contributed by atoms with E-state index >= 15 is 0 Å². The van der Waals surface area contributed by atoms with Gasteiger partial charge < -0.3 is 5.43 Å². The molecule has 0 heterocycles. The van der Waals surface area contributed by atoms with Crippen LogP contribution in [0.25, 0.3) is 0 Å². The first-order valence-corrected chi connectivity index (χ1v) is 3.27. The van der Waals surface area contributed by atoms with Gasteiger partial charge in [0.15, 0.2) is 6.29 Å². The molecule has 4 heteroatoms. The van der Waals surface area contributed by atoms with E-state index in [9.17, 15) is 4.79 Å². The van der Waals surface area contributed by atoms with Crippen LogP contribution < -0.4 is 11.3 Å². The lowest BCUT2D eigenvalue weighted by Gasteiger charge is -2.02. The molecule has 0 spiro atoms. The summed E-state index contributed by atoms with van der Waals surface area (Å²) < 4.78 is 0. The summed E-state index contributed by atoms with van der Waals surface area (Å²) in [5.41, 5.74) is 3.71. The van der Waals surface area contributed by atoms with Crippen molar-refractivity contribution in [1.29, 1.82) is 5.26 Å². The maximum atomic E-state index is 10.4. The van der Waals surface area contributed by atoms with Crippen molar-refractivity contribution in [1.82, 2.24) is 0 Å². The number of rotatable bonds is 2. The van der Waals surface area contributed by atoms with Gasteiger partial charge in [-0.25, -0.2) is 0 Å². The number of aldehydes is 1. The summed E-state index contributed by atoms with van der Waals surface area (Å²) in [6.45, 7) is 0. The molecule has 3 N–H and O–H groups in total. The molecule has 0 radical (unpaired) electrons. The number of benzene rings is 1. The number of hydrogen-bond acceptors (Lipinski definition) is 4. The number of nitriles is 1. The van der Waals surface area contributed by atoms with Crippen molar-refractivity contribution >= 4 is 12.0 Å². The molecule has 1 aromatic carbocycles. The number of anilines is 1. The van der Waals surface area contributed by atoms with Crippen molar-refractivity contribution < 1.29 is 4.79 Å². The lowest BCUT2D eigenvalue weighted by Crippen LogP contribution is -2.09. The molecule has 0 bridgehead atoms. The van der Waals surface area contributed by atoms with E-state index in [0.29, 0.717) is 23.1 Å². The zero-order valence-electron chi connectivity index (χ0n) is 6.24. The zero-order valence-corrected chi connectivity index (χ0v) is 6.24. The second-order valence-electron chi connectivity index (χ2n) is 2.18. The molecular weight excluding hydrogens is 154 g/mol. The topological polar surface area (TPSA) is 78.9 Å². The summed E-state index contributed by atoms with van der Waals surface area (Å²) in [7, 11) is 0. The second-order valence-corrected chi connectivity index (χ2v) is 2.18. The SMILES string of the molecule is N#Cc1ccc(C=O)c(NN)c1. The summed E-state index contributed by atoms with van der Waals surface area (Å²) in [6.07, 6.45) is 0.677. The molecule has 0 unspecified atom stereocenters. The van der Waals surface area contributed by atoms with Crippen LogP contribution in [0.3, 0.4) is 0 Å². The molecular formula is C8H7N3O. The van der Waals surface area contributed by atoms with Gasteiger partial charge in [-0.1, -0.05) is 0 Å². The Morgan fingerprint density at radius 3 is 2.83 bits per heavy atom. The molecule has 4 nitrogen and oxygen atoms in total. The van der Waals surface area contributed by atoms with E-state index in [2.05, 4.69) is 5.43 Å². The predicted molar refractivity (Wildman–Crippen MR) is 44.4 cm³/mol. The van der Waals surface area contributed by atoms with Crippen LogP contribution >= 0.6 is 0 Å². The largest absolute Gasteiger partial charge is 0.323 e. The molecule has 12 heavy (non-hydrogen) atoms. The fourth-order valence-corrected chi connectivity index (χ4v) is 0.854. The molecule has 0 saturated heterocycles. The molecule has 0 aromatic heterocycles. The Labute approximate surface area is 69.6 Å². The smallest absolute Gasteiger partial charge is 0.152 e. The van der Waals surface area contributed by atoms with Crippen LogP contribution in [0.5, 0.6) is 0 Å². The second kappa shape index (κ2) is 3.51. The van der Waals surface area contributed by atoms with E-state index in [4.69, 9.17) is 11.1 Å². The van der Waals surface area contributed by atoms with E-state index in [0.717, 1.165) is 0 Å². The molecule has 1 rings (SSSR count). The Kier molecular flexibility index (Phi) is 2.41. The van der Waals surface area contributed by atoms with Crippen molar-refractivity contribution in [2.24, 2.45) is 5.84 Å². The van der Waals surface area contributed by atoms with E-state index < -0.39 is 0 Å². The van der Waals surface area contributed by atoms with Gasteiger partial charge in [0.1, 0.15) is 0 Å². The minimum absolute atomic E-state index is 0.441. The van der Waals surface area contributed by atoms with Crippen molar-refractivity contribution in [3.05, 3.63) is 29.3 Å². The number of nitrogens with one attached hydrogen (secondary N) is 1. The summed E-state index contributed by atoms with van der Waals surface area (Å²) in [4.78, 5) is 10.4. The van der Waals surface area contributed by atoms with Crippen LogP contribution in [0.2, 0.25) is 0 Å². The lowest BCUT2D eigenvalue weighted by atomic mass is 10.1. The standard InChI is InChI=1S/C8H7N3O/c9-4-6-1-2-7(5-12)8(3-6)11-10/h1-3,5,11H,10H2. The van der Waals surface area contributed by atoms with Gasteiger partial charge in [-0.2, -0.15) is 5.26 Å². The summed E-state index contributed by atoms with van der Waals surface area (Å²) in [5.74, 6) is 5.13. The van der Waals surface area contributed by atoms with Crippen LogP contribution in [0.4, 0.5) is 5.69 Å². The average molecular weight is 161 g/mol. The third-order valence-electron chi connectivity index (χ3n) is 1.46. The van der Waals surface area contributed by atoms with E-state index in [1.807, 2.05) is 6.07 Å². The first kappa shape index (κ1) is 8.24. The Morgan fingerprint density at radius 2 is 2.33 bits per heavy atom. The first-order valence-electron chi connectivity index (χ1n) is 3.27. The Balaban J connectivity index is 3.21. The Morgan fingerprint density at radius 1 is 1.58 bits per heavy atom. The minimum Gasteiger partial charge on any atom is -0.323 e. The maximum Gasteiger partial charge on any atom is 0.152 e. The molecule has 0 saturated carbocycles. The van der Waals surface area contributed by atoms with Gasteiger partial charge in [-0.15, -0.1) is 0 Å². The first-order chi connectivity index (χ1) is 5.81. The number of carbonyl (C=O) groups is 1. The highest BCUT2D eigenvalue weighted by Crippen LogP contribution is 2.13. The quantitative estimate of drug-likeness (QED) is 0.379. The molecule has 1 aromatic rings. The summed E-state index contributed by atoms with van der Waals surface area (Å²) in [5, 5.41) is 8.51. The highest BCUT2D eigenvalue weighted by Gasteiger charge is 2.00. The number of nitrogens with two attached hydrogens (primary N) is 1. The van der Waals surface area contributed by atoms with Crippen LogP contribution in [0, 0.1) is 11.3 Å². The van der Waals surface area contributed by atoms with E-state index in [1.54, 1.807) is 12.1 Å². The van der Waals surface area contributed by atoms with Gasteiger partial charge in [0.2, 0.25) is 0 Å². The highest BCUT2D eigenvalue weighted by atomic mass is 16.1. The van der Waals surface area contributed by atoms with Gasteiger partial charge >= 0.3 is 0 Å². The zero-order chi connectivity index (χ0) is 8.97. The van der Waals surface area contributed by atoms with E-state index in [-0.39, 0.29) is 0 Å². The normalized spacial score (nSPS) is 8.67. The molecule has 60 valence electrons. The highest BCUT2D eigenvalue weighted by molar-refractivity contribution is 5.84. The number of nitrogen functional groups attached to an aromatic ring is 1. The number of carbonyl (C=O) groups excluding carboxylic acids is 1. The Hall–Kier alpha value is -1.86. The van der Waals surface area contributed by atoms with Crippen molar-refractivity contribution in [2.45, 2.75) is 0 Å². The molecule has 0 aliphatic rings. The monoisotopic (exact) mass is 161 g/mol. The van der Waals surface area contributed by atoms with Crippen molar-refractivity contribution in [3.8, 4) is 6.07 Å². The van der Waals surface area contributed by atoms with Crippen LogP contribution in [0.1, 0.15) is 15.9 Å². The third-order valence-corrected chi connectivity index (χ3v) is 1.46. The van der Waals surface area contributed by atoms with Crippen LogP contribution in [0.15, 0.2) is 18.2 Å². The summed E-state index contributed by atoms with van der Waals surface area (Å²) >= 11 is 0. The van der Waals surface area contributed by atoms with Crippen molar-refractivity contribution in [3.63, 3.8) is 0 Å². The van der Waals surface area contributed by atoms with Gasteiger partial charge in [0, 0.05) is 5.56 Å². The number of hydrogen-bond donors (Lipinski definition) is 2. The lowest BCUT2D eigenvalue weighted by molar-refractivity contribution is 0.112. The van der Waals surface area contributed by atoms with Gasteiger partial charge in [-0.3, -0.25) is 10.6 Å². The molecule has 0 amide bonds. The van der Waals surface area contributed by atoms with Gasteiger partial charge in [0.25, 0.3) is 0 Å². The van der Waals surface area contributed by atoms with Gasteiger partial charge in [-0.05, 0) is 18.2 Å². The maximum absolute atomic E-state index is 10.4. The number of nitrogens with zero attached hydrogens (tertiary/aromatic N) is 1.